The van der Waals surface area contributed by atoms with E-state index in [1.165, 1.54) is 7.11 Å². The average molecular weight is 498 g/mol. The van der Waals surface area contributed by atoms with Crippen LogP contribution in [0.1, 0.15) is 65.9 Å². The van der Waals surface area contributed by atoms with Gasteiger partial charge in [0, 0.05) is 44.0 Å². The van der Waals surface area contributed by atoms with Gasteiger partial charge in [0.15, 0.2) is 18.1 Å². The minimum Gasteiger partial charge on any atom is -0.490 e. The molecule has 0 bridgehead atoms. The number of hydrogen-bond donors (Lipinski definition) is 0. The largest absolute Gasteiger partial charge is 0.490 e. The van der Waals surface area contributed by atoms with Crippen molar-refractivity contribution in [2.75, 3.05) is 46.5 Å². The van der Waals surface area contributed by atoms with Crippen molar-refractivity contribution in [3.8, 4) is 11.5 Å². The van der Waals surface area contributed by atoms with Gasteiger partial charge in [-0.2, -0.15) is 0 Å². The molecule has 4 rings (SSSR count). The molecule has 2 saturated heterocycles. The van der Waals surface area contributed by atoms with Crippen LogP contribution in [0.25, 0.3) is 0 Å². The predicted molar refractivity (Wildman–Crippen MR) is 133 cm³/mol. The number of benzene rings is 1. The normalized spacial score (nSPS) is 16.5. The molecular weight excluding hydrogens is 462 g/mol. The Morgan fingerprint density at radius 2 is 1.67 bits per heavy atom. The molecule has 1 aromatic heterocycles. The SMILES string of the molecule is CCOc1cc(C(=O)N2CCC(n3cccc3C(=O)OC)CC2)ccc1OCC(=O)N1CCCCC1. The maximum atomic E-state index is 13.2. The Kier molecular flexibility index (Phi) is 8.51. The van der Waals surface area contributed by atoms with Gasteiger partial charge in [-0.3, -0.25) is 9.59 Å². The lowest BCUT2D eigenvalue weighted by Crippen LogP contribution is -2.39. The molecule has 2 aromatic rings. The number of amides is 2. The minimum absolute atomic E-state index is 0.0294. The summed E-state index contributed by atoms with van der Waals surface area (Å²) in [6.07, 6.45) is 6.58. The number of methoxy groups -OCH3 is 1. The number of likely N-dealkylation sites (tertiary alicyclic amines) is 2. The van der Waals surface area contributed by atoms with Crippen LogP contribution in [-0.2, 0) is 9.53 Å². The molecule has 0 atom stereocenters. The van der Waals surface area contributed by atoms with Gasteiger partial charge in [-0.05, 0) is 69.4 Å². The molecule has 2 fully saturated rings. The smallest absolute Gasteiger partial charge is 0.354 e. The first-order chi connectivity index (χ1) is 17.5. The molecule has 0 aliphatic carbocycles. The standard InChI is InChI=1S/C27H35N3O6/c1-3-35-24-18-20(9-10-23(24)36-19-25(31)28-13-5-4-6-14-28)26(32)29-16-11-21(12-17-29)30-15-7-8-22(30)27(33)34-2/h7-10,15,18,21H,3-6,11-14,16-17,19H2,1-2H3. The highest BCUT2D eigenvalue weighted by Crippen LogP contribution is 2.31. The van der Waals surface area contributed by atoms with Crippen LogP contribution in [0.5, 0.6) is 11.5 Å². The minimum atomic E-state index is -0.359. The van der Waals surface area contributed by atoms with Gasteiger partial charge in [0.1, 0.15) is 5.69 Å². The van der Waals surface area contributed by atoms with E-state index in [1.807, 2.05) is 33.6 Å². The quantitative estimate of drug-likeness (QED) is 0.518. The van der Waals surface area contributed by atoms with Crippen LogP contribution in [0.2, 0.25) is 0 Å². The maximum absolute atomic E-state index is 13.2. The fourth-order valence-corrected chi connectivity index (χ4v) is 4.92. The number of carbonyl (C=O) groups is 3. The maximum Gasteiger partial charge on any atom is 0.354 e. The van der Waals surface area contributed by atoms with E-state index in [1.54, 1.807) is 24.3 Å². The van der Waals surface area contributed by atoms with Crippen LogP contribution >= 0.6 is 0 Å². The fourth-order valence-electron chi connectivity index (χ4n) is 4.92. The molecule has 0 radical (unpaired) electrons. The zero-order chi connectivity index (χ0) is 25.5. The van der Waals surface area contributed by atoms with E-state index < -0.39 is 0 Å². The third kappa shape index (κ3) is 5.83. The van der Waals surface area contributed by atoms with Crippen molar-refractivity contribution in [3.63, 3.8) is 0 Å². The molecule has 0 spiro atoms. The highest BCUT2D eigenvalue weighted by molar-refractivity contribution is 5.95. The summed E-state index contributed by atoms with van der Waals surface area (Å²) >= 11 is 0. The van der Waals surface area contributed by atoms with Crippen molar-refractivity contribution in [2.24, 2.45) is 0 Å². The number of piperidine rings is 2. The van der Waals surface area contributed by atoms with Crippen LogP contribution in [0.15, 0.2) is 36.5 Å². The van der Waals surface area contributed by atoms with Crippen molar-refractivity contribution in [1.82, 2.24) is 14.4 Å². The Balaban J connectivity index is 1.37. The number of carbonyl (C=O) groups excluding carboxylic acids is 3. The van der Waals surface area contributed by atoms with Crippen LogP contribution in [0.3, 0.4) is 0 Å². The van der Waals surface area contributed by atoms with Crippen LogP contribution in [-0.4, -0.2) is 78.7 Å². The molecule has 9 nitrogen and oxygen atoms in total. The molecule has 2 aliphatic rings. The summed E-state index contributed by atoms with van der Waals surface area (Å²) in [5.74, 6) is 0.450. The van der Waals surface area contributed by atoms with Gasteiger partial charge in [0.05, 0.1) is 13.7 Å². The van der Waals surface area contributed by atoms with Crippen molar-refractivity contribution < 1.29 is 28.6 Å². The molecular formula is C27H35N3O6. The molecule has 1 aromatic carbocycles. The summed E-state index contributed by atoms with van der Waals surface area (Å²) < 4.78 is 18.4. The molecule has 0 unspecified atom stereocenters. The average Bonchev–Trinajstić information content (AvgIpc) is 3.42. The summed E-state index contributed by atoms with van der Waals surface area (Å²) in [5.41, 5.74) is 1.04. The van der Waals surface area contributed by atoms with Gasteiger partial charge < -0.3 is 28.6 Å². The molecule has 36 heavy (non-hydrogen) atoms. The summed E-state index contributed by atoms with van der Waals surface area (Å²) in [5, 5.41) is 0. The monoisotopic (exact) mass is 497 g/mol. The van der Waals surface area contributed by atoms with Crippen molar-refractivity contribution >= 4 is 17.8 Å². The predicted octanol–water partition coefficient (Wildman–Crippen LogP) is 3.54. The summed E-state index contributed by atoms with van der Waals surface area (Å²) in [6.45, 7) is 4.94. The van der Waals surface area contributed by atoms with E-state index in [-0.39, 0.29) is 30.4 Å². The number of rotatable bonds is 8. The van der Waals surface area contributed by atoms with E-state index in [9.17, 15) is 14.4 Å². The summed E-state index contributed by atoms with van der Waals surface area (Å²) in [7, 11) is 1.38. The summed E-state index contributed by atoms with van der Waals surface area (Å²) in [4.78, 5) is 41.4. The van der Waals surface area contributed by atoms with Gasteiger partial charge >= 0.3 is 5.97 Å². The molecule has 2 amide bonds. The second-order valence-corrected chi connectivity index (χ2v) is 9.14. The van der Waals surface area contributed by atoms with Gasteiger partial charge in [-0.15, -0.1) is 0 Å². The molecule has 194 valence electrons. The molecule has 2 aliphatic heterocycles. The first-order valence-electron chi connectivity index (χ1n) is 12.7. The fraction of sp³-hybridized carbons (Fsp3) is 0.519. The van der Waals surface area contributed by atoms with Gasteiger partial charge in [-0.25, -0.2) is 4.79 Å². The Labute approximate surface area is 211 Å². The zero-order valence-electron chi connectivity index (χ0n) is 21.1. The third-order valence-corrected chi connectivity index (χ3v) is 6.87. The topological polar surface area (TPSA) is 90.3 Å². The second-order valence-electron chi connectivity index (χ2n) is 9.14. The third-order valence-electron chi connectivity index (χ3n) is 6.87. The first-order valence-corrected chi connectivity index (χ1v) is 12.7. The Bertz CT molecular complexity index is 1070. The lowest BCUT2D eigenvalue weighted by Gasteiger charge is -2.33. The van der Waals surface area contributed by atoms with Crippen molar-refractivity contribution in [1.29, 1.82) is 0 Å². The molecule has 0 N–H and O–H groups in total. The van der Waals surface area contributed by atoms with Gasteiger partial charge in [0.25, 0.3) is 11.8 Å². The number of aromatic nitrogens is 1. The highest BCUT2D eigenvalue weighted by Gasteiger charge is 2.27. The molecule has 3 heterocycles. The van der Waals surface area contributed by atoms with Crippen LogP contribution < -0.4 is 9.47 Å². The Hall–Kier alpha value is -3.49. The first kappa shape index (κ1) is 25.6. The van der Waals surface area contributed by atoms with Crippen LogP contribution in [0, 0.1) is 0 Å². The van der Waals surface area contributed by atoms with Crippen molar-refractivity contribution in [2.45, 2.75) is 45.1 Å². The van der Waals surface area contributed by atoms with E-state index in [4.69, 9.17) is 14.2 Å². The second kappa shape index (κ2) is 12.0. The van der Waals surface area contributed by atoms with Gasteiger partial charge in [0.2, 0.25) is 0 Å². The van der Waals surface area contributed by atoms with Crippen molar-refractivity contribution in [3.05, 3.63) is 47.8 Å². The number of esters is 1. The summed E-state index contributed by atoms with van der Waals surface area (Å²) in [6, 6.07) is 8.84. The van der Waals surface area contributed by atoms with E-state index >= 15 is 0 Å². The zero-order valence-corrected chi connectivity index (χ0v) is 21.1. The van der Waals surface area contributed by atoms with Crippen LogP contribution in [0.4, 0.5) is 0 Å². The van der Waals surface area contributed by atoms with E-state index in [0.29, 0.717) is 42.5 Å². The Morgan fingerprint density at radius 1 is 0.917 bits per heavy atom. The number of hydrogen-bond acceptors (Lipinski definition) is 6. The highest BCUT2D eigenvalue weighted by atomic mass is 16.5. The molecule has 9 heteroatoms. The van der Waals surface area contributed by atoms with E-state index in [2.05, 4.69) is 0 Å². The van der Waals surface area contributed by atoms with Gasteiger partial charge in [-0.1, -0.05) is 0 Å². The lowest BCUT2D eigenvalue weighted by molar-refractivity contribution is -0.134. The Morgan fingerprint density at radius 3 is 2.36 bits per heavy atom. The lowest BCUT2D eigenvalue weighted by atomic mass is 10.0. The molecule has 0 saturated carbocycles. The number of nitrogens with zero attached hydrogens (tertiary/aromatic N) is 3. The van der Waals surface area contributed by atoms with E-state index in [0.717, 1.165) is 45.2 Å². The number of ether oxygens (including phenoxy) is 3.